The molecule has 0 aliphatic carbocycles. The molecule has 0 saturated carbocycles. The van der Waals surface area contributed by atoms with Crippen LogP contribution in [0.3, 0.4) is 0 Å². The molecule has 2 rings (SSSR count). The molecule has 5 amide bonds. The van der Waals surface area contributed by atoms with Gasteiger partial charge >= 0.3 is 6.03 Å². The molecule has 1 fully saturated rings. The number of likely N-dealkylation sites (N-methyl/N-ethyl adjacent to an activating group) is 2. The Labute approximate surface area is 231 Å². The molecule has 38 heavy (non-hydrogen) atoms. The van der Waals surface area contributed by atoms with Crippen LogP contribution in [0.25, 0.3) is 0 Å². The maximum atomic E-state index is 12.6. The molecule has 0 spiro atoms. The summed E-state index contributed by atoms with van der Waals surface area (Å²) in [5.74, 6) is -2.28. The Hall–Kier alpha value is -2.68. The van der Waals surface area contributed by atoms with Gasteiger partial charge in [0.1, 0.15) is 11.5 Å². The van der Waals surface area contributed by atoms with Gasteiger partial charge in [0.15, 0.2) is 0 Å². The number of hydrogen-bond acceptors (Lipinski definition) is 9. The first-order valence-corrected chi connectivity index (χ1v) is 14.9. The van der Waals surface area contributed by atoms with E-state index >= 15 is 0 Å². The summed E-state index contributed by atoms with van der Waals surface area (Å²) in [6, 6.07) is -0.622. The first-order chi connectivity index (χ1) is 17.9. The van der Waals surface area contributed by atoms with E-state index in [-0.39, 0.29) is 43.4 Å². The standard InChI is InChI=1S/C23H32ClN5O7S2/c1-4-27-21(31)18(22(32)28(5-2)23(27)33)10-6-7-11-20-29(25-17(3)37-20)14-8-12-26(19(30)16-24)13-9-15-38(34,35)36/h6-7,10-11H,4-5,8-9,12-16H2,1-3H3,(H,34,35,36)/b7-6+,20-11-. The van der Waals surface area contributed by atoms with Crippen LogP contribution in [0.15, 0.2) is 40.0 Å². The highest BCUT2D eigenvalue weighted by molar-refractivity contribution is 8.17. The van der Waals surface area contributed by atoms with Crippen LogP contribution in [0.5, 0.6) is 0 Å². The van der Waals surface area contributed by atoms with Gasteiger partial charge in [0.05, 0.1) is 15.8 Å². The SMILES string of the molecule is CCN1C(=O)C(=C/C=C/C=C2\SC(C)=NN2CCCN(CCCS(=O)(=O)O)C(=O)CCl)C(=O)N(CC)C1=O. The van der Waals surface area contributed by atoms with Gasteiger partial charge in [-0.05, 0) is 45.8 Å². The molecule has 12 nitrogen and oxygen atoms in total. The van der Waals surface area contributed by atoms with Gasteiger partial charge < -0.3 is 4.90 Å². The number of hydrazone groups is 1. The van der Waals surface area contributed by atoms with Crippen LogP contribution in [0.1, 0.15) is 33.6 Å². The Morgan fingerprint density at radius 3 is 2.18 bits per heavy atom. The van der Waals surface area contributed by atoms with Gasteiger partial charge in [0.25, 0.3) is 21.9 Å². The van der Waals surface area contributed by atoms with Crippen molar-refractivity contribution in [2.45, 2.75) is 33.6 Å². The number of barbiturate groups is 1. The highest BCUT2D eigenvalue weighted by Crippen LogP contribution is 2.29. The molecule has 210 valence electrons. The zero-order chi connectivity index (χ0) is 28.5. The molecule has 0 unspecified atom stereocenters. The predicted octanol–water partition coefficient (Wildman–Crippen LogP) is 2.26. The number of nitrogens with zero attached hydrogens (tertiary/aromatic N) is 5. The fourth-order valence-electron chi connectivity index (χ4n) is 3.71. The quantitative estimate of drug-likeness (QED) is 0.148. The molecule has 0 aromatic rings. The maximum Gasteiger partial charge on any atom is 0.333 e. The summed E-state index contributed by atoms with van der Waals surface area (Å²) in [5.41, 5.74) is -0.0932. The van der Waals surface area contributed by atoms with E-state index in [0.717, 1.165) is 19.9 Å². The highest BCUT2D eigenvalue weighted by atomic mass is 35.5. The largest absolute Gasteiger partial charge is 0.342 e. The van der Waals surface area contributed by atoms with Gasteiger partial charge in [-0.3, -0.25) is 33.7 Å². The van der Waals surface area contributed by atoms with Gasteiger partial charge in [0.2, 0.25) is 5.91 Å². The van der Waals surface area contributed by atoms with Gasteiger partial charge in [-0.2, -0.15) is 13.5 Å². The summed E-state index contributed by atoms with van der Waals surface area (Å²) >= 11 is 7.10. The van der Waals surface area contributed by atoms with Crippen molar-refractivity contribution in [2.75, 3.05) is 44.4 Å². The van der Waals surface area contributed by atoms with E-state index < -0.39 is 33.7 Å². The zero-order valence-electron chi connectivity index (χ0n) is 21.5. The minimum atomic E-state index is -4.11. The summed E-state index contributed by atoms with van der Waals surface area (Å²) in [6.07, 6.45) is 6.99. The highest BCUT2D eigenvalue weighted by Gasteiger charge is 2.40. The molecule has 2 heterocycles. The number of carbonyl (C=O) groups is 4. The molecular weight excluding hydrogens is 558 g/mol. The van der Waals surface area contributed by atoms with E-state index in [0.29, 0.717) is 19.5 Å². The number of alkyl halides is 1. The number of hydrogen-bond donors (Lipinski definition) is 1. The molecular formula is C23H32ClN5O7S2. The number of imide groups is 2. The predicted molar refractivity (Wildman–Crippen MR) is 146 cm³/mol. The van der Waals surface area contributed by atoms with Crippen molar-refractivity contribution in [3.63, 3.8) is 0 Å². The number of amides is 5. The number of urea groups is 1. The third kappa shape index (κ3) is 8.68. The second kappa shape index (κ2) is 14.5. The second-order valence-corrected chi connectivity index (χ2v) is 11.3. The van der Waals surface area contributed by atoms with Gasteiger partial charge in [-0.1, -0.05) is 23.9 Å². The third-order valence-corrected chi connectivity index (χ3v) is 7.49. The van der Waals surface area contributed by atoms with Gasteiger partial charge in [-0.15, -0.1) is 11.6 Å². The van der Waals surface area contributed by atoms with Gasteiger partial charge in [0, 0.05) is 32.7 Å². The van der Waals surface area contributed by atoms with E-state index in [2.05, 4.69) is 5.10 Å². The first kappa shape index (κ1) is 31.5. The third-order valence-electron chi connectivity index (χ3n) is 5.52. The Morgan fingerprint density at radius 2 is 1.63 bits per heavy atom. The van der Waals surface area contributed by atoms with Crippen molar-refractivity contribution >= 4 is 62.3 Å². The number of allylic oxidation sites excluding steroid dienone is 4. The van der Waals surface area contributed by atoms with Crippen LogP contribution in [-0.4, -0.2) is 106 Å². The Balaban J connectivity index is 2.04. The number of thioether (sulfide) groups is 1. The number of carbonyl (C=O) groups excluding carboxylic acids is 4. The van der Waals surface area contributed by atoms with Crippen molar-refractivity contribution in [3.8, 4) is 0 Å². The van der Waals surface area contributed by atoms with Crippen molar-refractivity contribution in [1.29, 1.82) is 0 Å². The number of rotatable bonds is 13. The molecule has 1 N–H and O–H groups in total. The number of halogens is 1. The van der Waals surface area contributed by atoms with Crippen molar-refractivity contribution < 1.29 is 32.1 Å². The van der Waals surface area contributed by atoms with Crippen LogP contribution >= 0.6 is 23.4 Å². The van der Waals surface area contributed by atoms with Crippen LogP contribution in [0.2, 0.25) is 0 Å². The molecule has 2 aliphatic rings. The average Bonchev–Trinajstić information content (AvgIpc) is 3.20. The molecule has 0 atom stereocenters. The molecule has 2 aliphatic heterocycles. The van der Waals surface area contributed by atoms with Crippen LogP contribution < -0.4 is 0 Å². The van der Waals surface area contributed by atoms with Crippen LogP contribution in [0.4, 0.5) is 4.79 Å². The minimum absolute atomic E-state index is 0.0922. The molecule has 15 heteroatoms. The molecule has 0 bridgehead atoms. The average molecular weight is 590 g/mol. The molecule has 0 aromatic heterocycles. The smallest absolute Gasteiger partial charge is 0.333 e. The van der Waals surface area contributed by atoms with Crippen LogP contribution in [-0.2, 0) is 24.5 Å². The monoisotopic (exact) mass is 589 g/mol. The van der Waals surface area contributed by atoms with E-state index in [1.165, 1.54) is 22.7 Å². The zero-order valence-corrected chi connectivity index (χ0v) is 23.9. The van der Waals surface area contributed by atoms with Crippen LogP contribution in [0, 0.1) is 0 Å². The normalized spacial score (nSPS) is 17.8. The maximum absolute atomic E-state index is 12.6. The van der Waals surface area contributed by atoms with E-state index in [1.807, 2.05) is 6.92 Å². The van der Waals surface area contributed by atoms with Crippen molar-refractivity contribution in [1.82, 2.24) is 19.7 Å². The van der Waals surface area contributed by atoms with Gasteiger partial charge in [-0.25, -0.2) is 4.79 Å². The molecule has 0 radical (unpaired) electrons. The van der Waals surface area contributed by atoms with E-state index in [1.54, 1.807) is 37.1 Å². The summed E-state index contributed by atoms with van der Waals surface area (Å²) < 4.78 is 30.8. The topological polar surface area (TPSA) is 148 Å². The lowest BCUT2D eigenvalue weighted by molar-refractivity contribution is -0.135. The fraction of sp³-hybridized carbons (Fsp3) is 0.522. The second-order valence-electron chi connectivity index (χ2n) is 8.20. The molecule has 1 saturated heterocycles. The van der Waals surface area contributed by atoms with Crippen molar-refractivity contribution in [3.05, 3.63) is 34.9 Å². The minimum Gasteiger partial charge on any atom is -0.342 e. The fourth-order valence-corrected chi connectivity index (χ4v) is 5.20. The first-order valence-electron chi connectivity index (χ1n) is 12.0. The molecule has 0 aromatic carbocycles. The summed E-state index contributed by atoms with van der Waals surface area (Å²) in [7, 11) is -4.11. The van der Waals surface area contributed by atoms with E-state index in [9.17, 15) is 27.6 Å². The van der Waals surface area contributed by atoms with E-state index in [4.69, 9.17) is 16.2 Å². The summed E-state index contributed by atoms with van der Waals surface area (Å²) in [5, 5.41) is 7.82. The Kier molecular flexibility index (Phi) is 12.0. The van der Waals surface area contributed by atoms with Crippen molar-refractivity contribution in [2.24, 2.45) is 5.10 Å². The lowest BCUT2D eigenvalue weighted by Gasteiger charge is -2.32. The summed E-state index contributed by atoms with van der Waals surface area (Å²) in [4.78, 5) is 53.0. The lowest BCUT2D eigenvalue weighted by Crippen LogP contribution is -2.56. The Morgan fingerprint density at radius 1 is 1.05 bits per heavy atom. The lowest BCUT2D eigenvalue weighted by atomic mass is 10.1. The Bertz CT molecular complexity index is 1140. The summed E-state index contributed by atoms with van der Waals surface area (Å²) in [6.45, 7) is 6.42.